The molecule has 1 aromatic carbocycles. The number of nitrogens with one attached hydrogen (secondary N) is 2. The number of aromatic nitrogens is 4. The van der Waals surface area contributed by atoms with E-state index in [4.69, 9.17) is 4.74 Å². The highest BCUT2D eigenvalue weighted by Gasteiger charge is 2.57. The molecule has 4 rings (SSSR count). The number of carbonyl (C=O) groups is 1. The summed E-state index contributed by atoms with van der Waals surface area (Å²) < 4.78 is 7.00. The van der Waals surface area contributed by atoms with Crippen LogP contribution in [0.3, 0.4) is 0 Å². The van der Waals surface area contributed by atoms with Crippen LogP contribution in [0.15, 0.2) is 18.2 Å². The minimum atomic E-state index is 0.103. The molecule has 1 aromatic heterocycles. The Morgan fingerprint density at radius 3 is 2.88 bits per heavy atom. The third kappa shape index (κ3) is 2.86. The summed E-state index contributed by atoms with van der Waals surface area (Å²) in [5.74, 6) is 1.52. The Kier molecular flexibility index (Phi) is 3.91. The smallest absolute Gasteiger partial charge is 0.228 e. The second-order valence-corrected chi connectivity index (χ2v) is 6.88. The van der Waals surface area contributed by atoms with Crippen LogP contribution in [-0.4, -0.2) is 46.3 Å². The number of hydrogen-bond acceptors (Lipinski definition) is 6. The first-order chi connectivity index (χ1) is 12.1. The van der Waals surface area contributed by atoms with Gasteiger partial charge in [0, 0.05) is 11.6 Å². The Balaban J connectivity index is 1.53. The van der Waals surface area contributed by atoms with Crippen molar-refractivity contribution in [2.24, 2.45) is 11.3 Å². The molecule has 1 saturated heterocycles. The third-order valence-electron chi connectivity index (χ3n) is 5.41. The van der Waals surface area contributed by atoms with E-state index in [9.17, 15) is 4.79 Å². The first-order valence-corrected chi connectivity index (χ1v) is 8.58. The van der Waals surface area contributed by atoms with Crippen LogP contribution >= 0.6 is 0 Å². The molecule has 1 unspecified atom stereocenters. The molecule has 1 aliphatic carbocycles. The summed E-state index contributed by atoms with van der Waals surface area (Å²) in [5.41, 5.74) is 1.65. The van der Waals surface area contributed by atoms with Crippen LogP contribution in [0.2, 0.25) is 0 Å². The summed E-state index contributed by atoms with van der Waals surface area (Å²) in [6.07, 6.45) is 3.17. The van der Waals surface area contributed by atoms with Crippen LogP contribution in [0.1, 0.15) is 25.1 Å². The van der Waals surface area contributed by atoms with Gasteiger partial charge in [0.05, 0.1) is 7.11 Å². The number of aryl methyl sites for hydroxylation is 1. The molecular weight excluding hydrogens is 320 g/mol. The summed E-state index contributed by atoms with van der Waals surface area (Å²) in [5, 5.41) is 18.0. The Morgan fingerprint density at radius 1 is 1.40 bits per heavy atom. The topological polar surface area (TPSA) is 94.0 Å². The number of ether oxygens (including phenoxy) is 1. The fourth-order valence-corrected chi connectivity index (χ4v) is 3.81. The van der Waals surface area contributed by atoms with E-state index in [1.807, 2.05) is 25.1 Å². The third-order valence-corrected chi connectivity index (χ3v) is 5.41. The van der Waals surface area contributed by atoms with Crippen molar-refractivity contribution in [2.45, 2.75) is 26.2 Å². The summed E-state index contributed by atoms with van der Waals surface area (Å²) in [6, 6.07) is 5.51. The van der Waals surface area contributed by atoms with E-state index in [2.05, 4.69) is 26.2 Å². The van der Waals surface area contributed by atoms with Gasteiger partial charge in [-0.05, 0) is 73.3 Å². The van der Waals surface area contributed by atoms with Crippen LogP contribution in [0.25, 0.3) is 5.69 Å². The highest BCUT2D eigenvalue weighted by atomic mass is 16.5. The van der Waals surface area contributed by atoms with Gasteiger partial charge in [0.25, 0.3) is 0 Å². The zero-order valence-corrected chi connectivity index (χ0v) is 14.5. The van der Waals surface area contributed by atoms with E-state index < -0.39 is 0 Å². The minimum Gasteiger partial charge on any atom is -0.494 e. The van der Waals surface area contributed by atoms with Gasteiger partial charge < -0.3 is 15.4 Å². The minimum absolute atomic E-state index is 0.103. The molecule has 0 bridgehead atoms. The van der Waals surface area contributed by atoms with E-state index in [0.717, 1.165) is 38.0 Å². The molecule has 25 heavy (non-hydrogen) atoms. The lowest BCUT2D eigenvalue weighted by Crippen LogP contribution is -2.31. The average molecular weight is 342 g/mol. The van der Waals surface area contributed by atoms with Crippen molar-refractivity contribution in [3.63, 3.8) is 0 Å². The Labute approximate surface area is 145 Å². The standard InChI is InChI=1S/C17H22N6O2/c1-11-20-21-22-23(11)14-9-12(3-4-15(14)25-2)19-16(24)13-10-17(13)5-7-18-8-6-17/h3-4,9,13,18H,5-8,10H2,1-2H3,(H,19,24). The number of benzene rings is 1. The van der Waals surface area contributed by atoms with E-state index >= 15 is 0 Å². The number of anilines is 1. The Bertz CT molecular complexity index is 796. The summed E-state index contributed by atoms with van der Waals surface area (Å²) in [7, 11) is 1.60. The fraction of sp³-hybridized carbons (Fsp3) is 0.529. The highest BCUT2D eigenvalue weighted by molar-refractivity contribution is 5.95. The van der Waals surface area contributed by atoms with Gasteiger partial charge in [0.15, 0.2) is 5.82 Å². The molecule has 1 aliphatic heterocycles. The van der Waals surface area contributed by atoms with Gasteiger partial charge in [-0.3, -0.25) is 4.79 Å². The number of piperidine rings is 1. The molecule has 8 heteroatoms. The maximum Gasteiger partial charge on any atom is 0.228 e. The predicted octanol–water partition coefficient (Wildman–Crippen LogP) is 1.31. The van der Waals surface area contributed by atoms with Gasteiger partial charge in [-0.2, -0.15) is 4.68 Å². The number of tetrazole rings is 1. The number of carbonyl (C=O) groups excluding carboxylic acids is 1. The molecule has 132 valence electrons. The SMILES string of the molecule is COc1ccc(NC(=O)C2CC23CCNCC3)cc1-n1nnnc1C. The second-order valence-electron chi connectivity index (χ2n) is 6.88. The lowest BCUT2D eigenvalue weighted by Gasteiger charge is -2.23. The van der Waals surface area contributed by atoms with Crippen molar-refractivity contribution in [2.75, 3.05) is 25.5 Å². The van der Waals surface area contributed by atoms with E-state index in [1.54, 1.807) is 11.8 Å². The van der Waals surface area contributed by atoms with Crippen LogP contribution in [-0.2, 0) is 4.79 Å². The molecule has 1 saturated carbocycles. The Hall–Kier alpha value is -2.48. The molecular formula is C17H22N6O2. The average Bonchev–Trinajstić information content (AvgIpc) is 3.14. The van der Waals surface area contributed by atoms with Crippen LogP contribution in [0.4, 0.5) is 5.69 Å². The molecule has 8 nitrogen and oxygen atoms in total. The number of amides is 1. The summed E-state index contributed by atoms with van der Waals surface area (Å²) in [4.78, 5) is 12.7. The van der Waals surface area contributed by atoms with Gasteiger partial charge in [0.2, 0.25) is 5.91 Å². The molecule has 1 atom stereocenters. The first-order valence-electron chi connectivity index (χ1n) is 8.58. The van der Waals surface area contributed by atoms with Gasteiger partial charge in [0.1, 0.15) is 11.4 Å². The fourth-order valence-electron chi connectivity index (χ4n) is 3.81. The predicted molar refractivity (Wildman–Crippen MR) is 91.7 cm³/mol. The van der Waals surface area contributed by atoms with E-state index in [-0.39, 0.29) is 17.2 Å². The van der Waals surface area contributed by atoms with Crippen molar-refractivity contribution in [3.8, 4) is 11.4 Å². The van der Waals surface area contributed by atoms with Crippen molar-refractivity contribution in [1.82, 2.24) is 25.5 Å². The van der Waals surface area contributed by atoms with Crippen LogP contribution in [0.5, 0.6) is 5.75 Å². The molecule has 2 aromatic rings. The first kappa shape index (κ1) is 16.0. The maximum absolute atomic E-state index is 12.7. The number of methoxy groups -OCH3 is 1. The Morgan fingerprint density at radius 2 is 2.20 bits per heavy atom. The van der Waals surface area contributed by atoms with Crippen LogP contribution in [0, 0.1) is 18.3 Å². The lowest BCUT2D eigenvalue weighted by molar-refractivity contribution is -0.118. The van der Waals surface area contributed by atoms with E-state index in [0.29, 0.717) is 17.3 Å². The summed E-state index contributed by atoms with van der Waals surface area (Å²) in [6.45, 7) is 3.83. The maximum atomic E-state index is 12.7. The molecule has 1 amide bonds. The van der Waals surface area contributed by atoms with Gasteiger partial charge in [-0.25, -0.2) is 0 Å². The largest absolute Gasteiger partial charge is 0.494 e. The molecule has 1 spiro atoms. The monoisotopic (exact) mass is 342 g/mol. The molecule has 2 aliphatic rings. The molecule has 0 radical (unpaired) electrons. The quantitative estimate of drug-likeness (QED) is 0.870. The van der Waals surface area contributed by atoms with Crippen molar-refractivity contribution in [3.05, 3.63) is 24.0 Å². The molecule has 2 N–H and O–H groups in total. The van der Waals surface area contributed by atoms with Gasteiger partial charge in [-0.1, -0.05) is 0 Å². The lowest BCUT2D eigenvalue weighted by atomic mass is 9.92. The van der Waals surface area contributed by atoms with Crippen molar-refractivity contribution < 1.29 is 9.53 Å². The van der Waals surface area contributed by atoms with E-state index in [1.165, 1.54) is 0 Å². The number of hydrogen-bond donors (Lipinski definition) is 2. The van der Waals surface area contributed by atoms with Gasteiger partial charge >= 0.3 is 0 Å². The number of nitrogens with zero attached hydrogens (tertiary/aromatic N) is 4. The molecule has 2 fully saturated rings. The second kappa shape index (κ2) is 6.11. The van der Waals surface area contributed by atoms with Gasteiger partial charge in [-0.15, -0.1) is 5.10 Å². The number of rotatable bonds is 4. The highest BCUT2D eigenvalue weighted by Crippen LogP contribution is 2.58. The van der Waals surface area contributed by atoms with Crippen molar-refractivity contribution >= 4 is 11.6 Å². The molecule has 2 heterocycles. The zero-order valence-electron chi connectivity index (χ0n) is 14.5. The normalized spacial score (nSPS) is 21.1. The van der Waals surface area contributed by atoms with Crippen LogP contribution < -0.4 is 15.4 Å². The van der Waals surface area contributed by atoms with Crippen molar-refractivity contribution in [1.29, 1.82) is 0 Å². The zero-order chi connectivity index (χ0) is 17.4. The summed E-state index contributed by atoms with van der Waals surface area (Å²) >= 11 is 0.